The number of nitrogens with zero attached hydrogens (tertiary/aromatic N) is 2. The maximum atomic E-state index is 13.1. The summed E-state index contributed by atoms with van der Waals surface area (Å²) in [6.45, 7) is 9.33. The first kappa shape index (κ1) is 31.1. The van der Waals surface area contributed by atoms with Crippen LogP contribution in [0.2, 0.25) is 0 Å². The Balaban J connectivity index is 0.985. The van der Waals surface area contributed by atoms with Gasteiger partial charge in [-0.1, -0.05) is 48.5 Å². The Morgan fingerprint density at radius 2 is 1.02 bits per heavy atom. The van der Waals surface area contributed by atoms with E-state index in [-0.39, 0.29) is 17.9 Å². The van der Waals surface area contributed by atoms with Gasteiger partial charge in [0, 0.05) is 40.7 Å². The molecule has 46 heavy (non-hydrogen) atoms. The molecule has 0 aliphatic heterocycles. The molecule has 0 spiro atoms. The third-order valence-corrected chi connectivity index (χ3v) is 9.02. The average Bonchev–Trinajstić information content (AvgIpc) is 3.06. The van der Waals surface area contributed by atoms with Crippen molar-refractivity contribution in [2.24, 2.45) is 5.73 Å². The molecule has 4 N–H and O–H groups in total. The number of amides is 2. The number of aryl methyl sites for hydroxylation is 4. The fourth-order valence-corrected chi connectivity index (χ4v) is 6.27. The smallest absolute Gasteiger partial charge is 0.253 e. The van der Waals surface area contributed by atoms with Crippen molar-refractivity contribution in [1.82, 2.24) is 20.6 Å². The lowest BCUT2D eigenvalue weighted by Gasteiger charge is -2.14. The largest absolute Gasteiger partial charge is 0.352 e. The molecule has 0 saturated carbocycles. The van der Waals surface area contributed by atoms with Crippen LogP contribution in [0, 0.1) is 27.7 Å². The Kier molecular flexibility index (Phi) is 8.95. The van der Waals surface area contributed by atoms with Crippen LogP contribution in [0.4, 0.5) is 0 Å². The molecule has 2 heterocycles. The van der Waals surface area contributed by atoms with Gasteiger partial charge in [0.2, 0.25) is 0 Å². The highest BCUT2D eigenvalue weighted by Gasteiger charge is 2.15. The van der Waals surface area contributed by atoms with Crippen molar-refractivity contribution in [2.45, 2.75) is 59.4 Å². The second-order valence-corrected chi connectivity index (χ2v) is 12.5. The quantitative estimate of drug-likeness (QED) is 0.111. The molecule has 0 radical (unpaired) electrons. The number of benzene rings is 4. The zero-order valence-corrected chi connectivity index (χ0v) is 27.0. The van der Waals surface area contributed by atoms with Crippen LogP contribution in [0.15, 0.2) is 72.8 Å². The van der Waals surface area contributed by atoms with E-state index in [1.165, 1.54) is 11.1 Å². The minimum atomic E-state index is -0.125. The summed E-state index contributed by atoms with van der Waals surface area (Å²) in [6.07, 6.45) is 3.11. The summed E-state index contributed by atoms with van der Waals surface area (Å²) in [4.78, 5) is 36.1. The molecule has 6 rings (SSSR count). The minimum absolute atomic E-state index is 0.0117. The highest BCUT2D eigenvalue weighted by atomic mass is 16.2. The van der Waals surface area contributed by atoms with Gasteiger partial charge in [0.05, 0.1) is 33.2 Å². The van der Waals surface area contributed by atoms with Gasteiger partial charge in [0.25, 0.3) is 11.8 Å². The number of hydrogen-bond donors (Lipinski definition) is 3. The number of aromatic nitrogens is 2. The van der Waals surface area contributed by atoms with E-state index in [2.05, 4.69) is 60.9 Å². The lowest BCUT2D eigenvalue weighted by Crippen LogP contribution is -2.29. The zero-order valence-electron chi connectivity index (χ0n) is 27.0. The summed E-state index contributed by atoms with van der Waals surface area (Å²) in [7, 11) is 0. The van der Waals surface area contributed by atoms with Crippen molar-refractivity contribution in [2.75, 3.05) is 13.1 Å². The van der Waals surface area contributed by atoms with E-state index in [9.17, 15) is 9.59 Å². The Hall–Kier alpha value is -4.88. The van der Waals surface area contributed by atoms with Crippen molar-refractivity contribution in [3.63, 3.8) is 0 Å². The molecule has 0 bridgehead atoms. The monoisotopic (exact) mass is 611 g/mol. The summed E-state index contributed by atoms with van der Waals surface area (Å²) >= 11 is 0. The van der Waals surface area contributed by atoms with Crippen molar-refractivity contribution in [3.05, 3.63) is 106 Å². The van der Waals surface area contributed by atoms with Crippen molar-refractivity contribution >= 4 is 55.4 Å². The molecule has 0 aliphatic carbocycles. The van der Waals surface area contributed by atoms with Crippen LogP contribution in [0.1, 0.15) is 68.7 Å². The van der Waals surface area contributed by atoms with Crippen LogP contribution in [0.25, 0.3) is 43.6 Å². The lowest BCUT2D eigenvalue weighted by atomic mass is 10.0. The van der Waals surface area contributed by atoms with E-state index in [1.807, 2.05) is 50.2 Å². The zero-order chi connectivity index (χ0) is 32.4. The second kappa shape index (κ2) is 13.2. The predicted molar refractivity (Wildman–Crippen MR) is 189 cm³/mol. The van der Waals surface area contributed by atoms with E-state index in [4.69, 9.17) is 15.7 Å². The Labute approximate surface area is 269 Å². The fraction of sp³-hybridized carbons (Fsp3) is 0.282. The van der Waals surface area contributed by atoms with E-state index >= 15 is 0 Å². The molecule has 0 saturated heterocycles. The van der Waals surface area contributed by atoms with Crippen LogP contribution in [0.5, 0.6) is 0 Å². The standard InChI is InChI=1S/C39H41N5O2/c1-23-15-17-25(3)34-32(23)21-27-9-5-13-30(36(27)43-34)38(45)41-19-7-11-29(40)12-8-20-42-39(46)31-14-6-10-28-22-33-24(2)16-18-26(4)35(33)44-37(28)31/h5-6,9-10,13-18,21-22,29H,7-8,11-12,19-20,40H2,1-4H3,(H,41,45)(H,42,46). The highest BCUT2D eigenvalue weighted by Crippen LogP contribution is 2.28. The molecular weight excluding hydrogens is 570 g/mol. The van der Waals surface area contributed by atoms with Gasteiger partial charge in [0.1, 0.15) is 0 Å². The van der Waals surface area contributed by atoms with E-state index in [1.54, 1.807) is 0 Å². The number of para-hydroxylation sites is 2. The SMILES string of the molecule is Cc1ccc(C)c2nc3c(C(=O)NCCCC(N)CCCNC(=O)c4cccc5cc6c(C)ccc(C)c6nc45)cccc3cc12. The lowest BCUT2D eigenvalue weighted by molar-refractivity contribution is 0.0947. The van der Waals surface area contributed by atoms with Gasteiger partial charge in [-0.15, -0.1) is 0 Å². The molecule has 0 fully saturated rings. The van der Waals surface area contributed by atoms with Crippen LogP contribution >= 0.6 is 0 Å². The van der Waals surface area contributed by atoms with Gasteiger partial charge in [-0.05, 0) is 99.9 Å². The summed E-state index contributed by atoms with van der Waals surface area (Å²) in [5.74, 6) is -0.250. The molecule has 6 aromatic rings. The van der Waals surface area contributed by atoms with E-state index in [0.717, 1.165) is 80.4 Å². The molecular formula is C39H41N5O2. The number of rotatable bonds is 10. The van der Waals surface area contributed by atoms with E-state index in [0.29, 0.717) is 24.2 Å². The number of carbonyl (C=O) groups is 2. The molecule has 7 heteroatoms. The predicted octanol–water partition coefficient (Wildman–Crippen LogP) is 7.37. The fourth-order valence-electron chi connectivity index (χ4n) is 6.27. The van der Waals surface area contributed by atoms with Gasteiger partial charge in [-0.25, -0.2) is 9.97 Å². The summed E-state index contributed by atoms with van der Waals surface area (Å²) in [6, 6.07) is 24.1. The molecule has 2 amide bonds. The number of carbonyl (C=O) groups excluding carboxylic acids is 2. The maximum Gasteiger partial charge on any atom is 0.253 e. The number of pyridine rings is 2. The van der Waals surface area contributed by atoms with Gasteiger partial charge in [-0.2, -0.15) is 0 Å². The normalized spacial score (nSPS) is 11.6. The molecule has 0 unspecified atom stereocenters. The van der Waals surface area contributed by atoms with Crippen LogP contribution in [-0.4, -0.2) is 40.9 Å². The first-order chi connectivity index (χ1) is 22.2. The third-order valence-electron chi connectivity index (χ3n) is 9.02. The Morgan fingerprint density at radius 3 is 1.46 bits per heavy atom. The summed E-state index contributed by atoms with van der Waals surface area (Å²) in [5, 5.41) is 10.3. The Morgan fingerprint density at radius 1 is 0.609 bits per heavy atom. The minimum Gasteiger partial charge on any atom is -0.352 e. The van der Waals surface area contributed by atoms with E-state index < -0.39 is 0 Å². The number of nitrogens with two attached hydrogens (primary N) is 1. The topological polar surface area (TPSA) is 110 Å². The van der Waals surface area contributed by atoms with Crippen LogP contribution in [-0.2, 0) is 0 Å². The molecule has 0 aliphatic rings. The van der Waals surface area contributed by atoms with Crippen LogP contribution in [0.3, 0.4) is 0 Å². The average molecular weight is 612 g/mol. The number of hydrogen-bond acceptors (Lipinski definition) is 5. The highest BCUT2D eigenvalue weighted by molar-refractivity contribution is 6.09. The van der Waals surface area contributed by atoms with Gasteiger partial charge in [-0.3, -0.25) is 9.59 Å². The molecule has 234 valence electrons. The number of fused-ring (bicyclic) bond motifs is 4. The first-order valence-corrected chi connectivity index (χ1v) is 16.1. The summed E-state index contributed by atoms with van der Waals surface area (Å²) < 4.78 is 0. The van der Waals surface area contributed by atoms with Crippen molar-refractivity contribution < 1.29 is 9.59 Å². The van der Waals surface area contributed by atoms with Gasteiger partial charge >= 0.3 is 0 Å². The van der Waals surface area contributed by atoms with Crippen molar-refractivity contribution in [1.29, 1.82) is 0 Å². The molecule has 2 aromatic heterocycles. The van der Waals surface area contributed by atoms with Crippen molar-refractivity contribution in [3.8, 4) is 0 Å². The second-order valence-electron chi connectivity index (χ2n) is 12.5. The first-order valence-electron chi connectivity index (χ1n) is 16.1. The maximum absolute atomic E-state index is 13.1. The summed E-state index contributed by atoms with van der Waals surface area (Å²) in [5.41, 5.74) is 15.4. The van der Waals surface area contributed by atoms with Gasteiger partial charge < -0.3 is 16.4 Å². The molecule has 7 nitrogen and oxygen atoms in total. The molecule has 0 atom stereocenters. The Bertz CT molecular complexity index is 1970. The van der Waals surface area contributed by atoms with Gasteiger partial charge in [0.15, 0.2) is 0 Å². The number of nitrogens with one attached hydrogen (secondary N) is 2. The van der Waals surface area contributed by atoms with Crippen LogP contribution < -0.4 is 16.4 Å². The molecule has 4 aromatic carbocycles. The third kappa shape index (κ3) is 6.28.